The van der Waals surface area contributed by atoms with E-state index in [0.29, 0.717) is 24.4 Å². The number of hydrogen-bond acceptors (Lipinski definition) is 7. The zero-order valence-corrected chi connectivity index (χ0v) is 14.2. The van der Waals surface area contributed by atoms with Crippen molar-refractivity contribution in [1.82, 2.24) is 10.2 Å². The fourth-order valence-corrected chi connectivity index (χ4v) is 6.44. The lowest BCUT2D eigenvalue weighted by molar-refractivity contribution is -0.120. The average molecular weight is 343 g/mol. The number of ketones is 2. The number of carbonyl (C=O) groups excluding carboxylic acids is 2. The molecule has 1 aromatic heterocycles. The van der Waals surface area contributed by atoms with Crippen LogP contribution in [0.15, 0.2) is 8.68 Å². The van der Waals surface area contributed by atoms with Crippen molar-refractivity contribution in [2.45, 2.75) is 70.5 Å². The second kappa shape index (κ2) is 7.24. The third kappa shape index (κ3) is 4.07. The van der Waals surface area contributed by atoms with Crippen molar-refractivity contribution in [3.05, 3.63) is 0 Å². The number of Topliss-reactive ketones (excluding diaryl/α,β-unsaturated/α-hetero) is 2. The van der Waals surface area contributed by atoms with Crippen LogP contribution in [0.3, 0.4) is 0 Å². The maximum atomic E-state index is 11.9. The maximum Gasteiger partial charge on any atom is 0.175 e. The van der Waals surface area contributed by atoms with Crippen LogP contribution >= 0.6 is 34.9 Å². The summed E-state index contributed by atoms with van der Waals surface area (Å²) in [6.07, 6.45) is 7.61. The third-order valence-electron chi connectivity index (χ3n) is 3.87. The lowest BCUT2D eigenvalue weighted by Crippen LogP contribution is -2.21. The van der Waals surface area contributed by atoms with E-state index in [1.165, 1.54) is 11.3 Å². The molecule has 1 heterocycles. The molecule has 0 spiro atoms. The standard InChI is InChI=1S/C14H18N2O2S3/c17-9-5-1-3-7-11(9)19-13-15-16-14(21-13)20-12-8-4-2-6-10(12)18/h11-12H,1-8H2/t11-,12-/m1/s1. The zero-order valence-electron chi connectivity index (χ0n) is 11.7. The molecule has 2 aliphatic rings. The smallest absolute Gasteiger partial charge is 0.175 e. The Labute approximate surface area is 136 Å². The van der Waals surface area contributed by atoms with Crippen molar-refractivity contribution in [3.63, 3.8) is 0 Å². The second-order valence-corrected chi connectivity index (χ2v) is 9.35. The first kappa shape index (κ1) is 15.5. The van der Waals surface area contributed by atoms with Crippen molar-refractivity contribution in [3.8, 4) is 0 Å². The van der Waals surface area contributed by atoms with E-state index in [4.69, 9.17) is 0 Å². The van der Waals surface area contributed by atoms with Crippen LogP contribution in [0.1, 0.15) is 51.4 Å². The Kier molecular flexibility index (Phi) is 5.34. The van der Waals surface area contributed by atoms with Gasteiger partial charge in [-0.2, -0.15) is 0 Å². The highest BCUT2D eigenvalue weighted by atomic mass is 32.2. The molecule has 0 aliphatic heterocycles. The molecule has 0 aromatic carbocycles. The number of thioether (sulfide) groups is 2. The molecule has 0 unspecified atom stereocenters. The van der Waals surface area contributed by atoms with Gasteiger partial charge in [0, 0.05) is 12.8 Å². The number of rotatable bonds is 4. The van der Waals surface area contributed by atoms with Crippen LogP contribution in [-0.4, -0.2) is 32.3 Å². The Balaban J connectivity index is 1.58. The topological polar surface area (TPSA) is 59.9 Å². The molecule has 0 N–H and O–H groups in total. The molecular formula is C14H18N2O2S3. The Bertz CT molecular complexity index is 488. The van der Waals surface area contributed by atoms with E-state index in [0.717, 1.165) is 47.2 Å². The Morgan fingerprint density at radius 2 is 1.29 bits per heavy atom. The van der Waals surface area contributed by atoms with E-state index in [-0.39, 0.29) is 10.5 Å². The van der Waals surface area contributed by atoms with E-state index in [2.05, 4.69) is 10.2 Å². The van der Waals surface area contributed by atoms with Gasteiger partial charge in [0.2, 0.25) is 0 Å². The molecule has 3 rings (SSSR count). The van der Waals surface area contributed by atoms with Gasteiger partial charge in [0.25, 0.3) is 0 Å². The van der Waals surface area contributed by atoms with Gasteiger partial charge in [0.1, 0.15) is 11.6 Å². The third-order valence-corrected chi connectivity index (χ3v) is 7.59. The molecule has 2 fully saturated rings. The van der Waals surface area contributed by atoms with Gasteiger partial charge in [0.05, 0.1) is 10.5 Å². The van der Waals surface area contributed by atoms with E-state index in [1.807, 2.05) is 0 Å². The highest BCUT2D eigenvalue weighted by Gasteiger charge is 2.27. The van der Waals surface area contributed by atoms with Gasteiger partial charge in [-0.15, -0.1) is 10.2 Å². The van der Waals surface area contributed by atoms with Gasteiger partial charge in [-0.3, -0.25) is 9.59 Å². The Morgan fingerprint density at radius 3 is 1.71 bits per heavy atom. The number of nitrogens with zero attached hydrogens (tertiary/aromatic N) is 2. The second-order valence-electron chi connectivity index (χ2n) is 5.47. The first-order chi connectivity index (χ1) is 10.2. The van der Waals surface area contributed by atoms with Crippen LogP contribution in [0.5, 0.6) is 0 Å². The molecule has 114 valence electrons. The first-order valence-corrected chi connectivity index (χ1v) is 10.0. The predicted octanol–water partition coefficient (Wildman–Crippen LogP) is 3.75. The number of aromatic nitrogens is 2. The summed E-state index contributed by atoms with van der Waals surface area (Å²) in [6.45, 7) is 0. The van der Waals surface area contributed by atoms with E-state index >= 15 is 0 Å². The van der Waals surface area contributed by atoms with E-state index in [1.54, 1.807) is 23.5 Å². The maximum absolute atomic E-state index is 11.9. The normalized spacial score (nSPS) is 27.0. The highest BCUT2D eigenvalue weighted by Crippen LogP contribution is 2.38. The Morgan fingerprint density at radius 1 is 0.810 bits per heavy atom. The van der Waals surface area contributed by atoms with Crippen molar-refractivity contribution in [2.24, 2.45) is 0 Å². The molecule has 2 atom stereocenters. The summed E-state index contributed by atoms with van der Waals surface area (Å²) >= 11 is 4.63. The molecule has 21 heavy (non-hydrogen) atoms. The summed E-state index contributed by atoms with van der Waals surface area (Å²) in [5.74, 6) is 0.691. The lowest BCUT2D eigenvalue weighted by atomic mass is 9.99. The highest BCUT2D eigenvalue weighted by molar-refractivity contribution is 8.04. The zero-order chi connectivity index (χ0) is 14.7. The van der Waals surface area contributed by atoms with Crippen LogP contribution in [-0.2, 0) is 9.59 Å². The molecule has 2 saturated carbocycles. The van der Waals surface area contributed by atoms with Gasteiger partial charge >= 0.3 is 0 Å². The van der Waals surface area contributed by atoms with Gasteiger partial charge in [-0.1, -0.05) is 47.7 Å². The summed E-state index contributed by atoms with van der Waals surface area (Å²) in [5, 5.41) is 8.48. The molecule has 0 saturated heterocycles. The van der Waals surface area contributed by atoms with Crippen LogP contribution in [0.4, 0.5) is 0 Å². The monoisotopic (exact) mass is 342 g/mol. The van der Waals surface area contributed by atoms with Gasteiger partial charge in [-0.05, 0) is 25.7 Å². The first-order valence-electron chi connectivity index (χ1n) is 7.44. The molecule has 4 nitrogen and oxygen atoms in total. The van der Waals surface area contributed by atoms with Gasteiger partial charge in [-0.25, -0.2) is 0 Å². The lowest BCUT2D eigenvalue weighted by Gasteiger charge is -2.18. The molecule has 7 heteroatoms. The van der Waals surface area contributed by atoms with Gasteiger partial charge < -0.3 is 0 Å². The average Bonchev–Trinajstić information content (AvgIpc) is 2.91. The summed E-state index contributed by atoms with van der Waals surface area (Å²) in [5.41, 5.74) is 0. The number of hydrogen-bond donors (Lipinski definition) is 0. The van der Waals surface area contributed by atoms with Crippen LogP contribution in [0.25, 0.3) is 0 Å². The van der Waals surface area contributed by atoms with Crippen LogP contribution < -0.4 is 0 Å². The molecule has 0 radical (unpaired) electrons. The molecular weight excluding hydrogens is 324 g/mol. The predicted molar refractivity (Wildman–Crippen MR) is 86.1 cm³/mol. The van der Waals surface area contributed by atoms with Crippen molar-refractivity contribution < 1.29 is 9.59 Å². The molecule has 0 amide bonds. The fraction of sp³-hybridized carbons (Fsp3) is 0.714. The van der Waals surface area contributed by atoms with Crippen molar-refractivity contribution >= 4 is 46.4 Å². The molecule has 1 aromatic rings. The largest absolute Gasteiger partial charge is 0.298 e. The molecule has 0 bridgehead atoms. The summed E-state index contributed by atoms with van der Waals surface area (Å²) in [4.78, 5) is 23.7. The minimum Gasteiger partial charge on any atom is -0.298 e. The minimum atomic E-state index is 0.0564. The van der Waals surface area contributed by atoms with E-state index in [9.17, 15) is 9.59 Å². The Hall–Kier alpha value is -0.400. The summed E-state index contributed by atoms with van der Waals surface area (Å²) < 4.78 is 1.72. The quantitative estimate of drug-likeness (QED) is 0.830. The SMILES string of the molecule is O=C1CCCC[C@H]1Sc1nnc(S[C@@H]2CCCCC2=O)s1. The minimum absolute atomic E-state index is 0.0564. The summed E-state index contributed by atoms with van der Waals surface area (Å²) in [6, 6.07) is 0. The van der Waals surface area contributed by atoms with Crippen molar-refractivity contribution in [1.29, 1.82) is 0 Å². The van der Waals surface area contributed by atoms with Crippen LogP contribution in [0, 0.1) is 0 Å². The van der Waals surface area contributed by atoms with Crippen LogP contribution in [0.2, 0.25) is 0 Å². The summed E-state index contributed by atoms with van der Waals surface area (Å²) in [7, 11) is 0. The number of carbonyl (C=O) groups is 2. The fourth-order valence-electron chi connectivity index (χ4n) is 2.69. The van der Waals surface area contributed by atoms with Gasteiger partial charge in [0.15, 0.2) is 8.68 Å². The van der Waals surface area contributed by atoms with E-state index < -0.39 is 0 Å². The molecule has 2 aliphatic carbocycles. The van der Waals surface area contributed by atoms with Crippen molar-refractivity contribution in [2.75, 3.05) is 0 Å².